The van der Waals surface area contributed by atoms with Crippen LogP contribution in [0.1, 0.15) is 46.5 Å². The maximum absolute atomic E-state index is 12.7. The van der Waals surface area contributed by atoms with Gasteiger partial charge in [-0.25, -0.2) is 4.79 Å². The number of nitrogens with zero attached hydrogens (tertiary/aromatic N) is 2. The van der Waals surface area contributed by atoms with Crippen LogP contribution in [0.4, 0.5) is 4.79 Å². The Labute approximate surface area is 150 Å². The molecule has 2 fully saturated rings. The Morgan fingerprint density at radius 1 is 1.12 bits per heavy atom. The number of carbonyl (C=O) groups excluding carboxylic acids is 3. The van der Waals surface area contributed by atoms with Crippen LogP contribution in [0.15, 0.2) is 0 Å². The first-order valence-corrected chi connectivity index (χ1v) is 9.53. The molecule has 0 saturated carbocycles. The molecule has 0 radical (unpaired) electrons. The topological polar surface area (TPSA) is 81.8 Å². The third-order valence-electron chi connectivity index (χ3n) is 5.35. The van der Waals surface area contributed by atoms with Crippen molar-refractivity contribution in [3.63, 3.8) is 0 Å². The fourth-order valence-corrected chi connectivity index (χ4v) is 3.77. The van der Waals surface area contributed by atoms with E-state index < -0.39 is 6.03 Å². The summed E-state index contributed by atoms with van der Waals surface area (Å²) in [6.07, 6.45) is 3.87. The number of hydrogen-bond acceptors (Lipinski definition) is 4. The smallest absolute Gasteiger partial charge is 0.321 e. The Kier molecular flexibility index (Phi) is 7.23. The van der Waals surface area contributed by atoms with Crippen LogP contribution in [0.2, 0.25) is 0 Å². The molecule has 2 aliphatic rings. The summed E-state index contributed by atoms with van der Waals surface area (Å²) in [5.41, 5.74) is 0. The molecular weight excluding hydrogens is 320 g/mol. The normalized spacial score (nSPS) is 23.8. The maximum Gasteiger partial charge on any atom is 0.321 e. The number of nitrogens with one attached hydrogen (secondary N) is 2. The van der Waals surface area contributed by atoms with E-state index in [1.54, 1.807) is 6.92 Å². The van der Waals surface area contributed by atoms with E-state index in [9.17, 15) is 14.4 Å². The van der Waals surface area contributed by atoms with Gasteiger partial charge in [0.15, 0.2) is 0 Å². The molecule has 0 bridgehead atoms. The van der Waals surface area contributed by atoms with Crippen LogP contribution in [0.5, 0.6) is 0 Å². The lowest BCUT2D eigenvalue weighted by Crippen LogP contribution is -2.53. The molecule has 2 rings (SSSR count). The minimum Gasteiger partial charge on any atom is -0.342 e. The van der Waals surface area contributed by atoms with Crippen molar-refractivity contribution in [2.45, 2.75) is 52.5 Å². The molecule has 142 valence electrons. The van der Waals surface area contributed by atoms with E-state index in [0.717, 1.165) is 32.4 Å². The van der Waals surface area contributed by atoms with Gasteiger partial charge in [-0.15, -0.1) is 0 Å². The van der Waals surface area contributed by atoms with E-state index in [0.29, 0.717) is 25.6 Å². The van der Waals surface area contributed by atoms with Crippen molar-refractivity contribution in [3.8, 4) is 0 Å². The highest BCUT2D eigenvalue weighted by Gasteiger charge is 2.33. The Morgan fingerprint density at radius 3 is 2.40 bits per heavy atom. The summed E-state index contributed by atoms with van der Waals surface area (Å²) in [5, 5.41) is 4.92. The van der Waals surface area contributed by atoms with Gasteiger partial charge in [0.05, 0.1) is 6.04 Å². The van der Waals surface area contributed by atoms with E-state index in [4.69, 9.17) is 0 Å². The van der Waals surface area contributed by atoms with Gasteiger partial charge in [-0.2, -0.15) is 0 Å². The van der Waals surface area contributed by atoms with Crippen LogP contribution in [-0.2, 0) is 9.59 Å². The number of hydrogen-bond donors (Lipinski definition) is 2. The fourth-order valence-electron chi connectivity index (χ4n) is 3.77. The van der Waals surface area contributed by atoms with E-state index in [2.05, 4.69) is 22.5 Å². The second kappa shape index (κ2) is 9.17. The molecule has 25 heavy (non-hydrogen) atoms. The summed E-state index contributed by atoms with van der Waals surface area (Å²) >= 11 is 0. The second-order valence-corrected chi connectivity index (χ2v) is 7.37. The monoisotopic (exact) mass is 352 g/mol. The maximum atomic E-state index is 12.7. The van der Waals surface area contributed by atoms with E-state index >= 15 is 0 Å². The molecule has 0 aromatic rings. The fraction of sp³-hybridized carbons (Fsp3) is 0.833. The molecule has 7 heteroatoms. The van der Waals surface area contributed by atoms with Gasteiger partial charge in [-0.3, -0.25) is 19.8 Å². The molecule has 0 aliphatic carbocycles. The summed E-state index contributed by atoms with van der Waals surface area (Å²) in [5.74, 6) is 0.655. The van der Waals surface area contributed by atoms with Crippen molar-refractivity contribution in [2.24, 2.45) is 11.8 Å². The summed E-state index contributed by atoms with van der Waals surface area (Å²) < 4.78 is 0. The first kappa shape index (κ1) is 19.7. The number of imide groups is 1. The lowest BCUT2D eigenvalue weighted by Gasteiger charge is -2.38. The first-order chi connectivity index (χ1) is 11.9. The van der Waals surface area contributed by atoms with Gasteiger partial charge in [0.1, 0.15) is 0 Å². The Balaban J connectivity index is 1.79. The molecule has 4 amide bonds. The summed E-state index contributed by atoms with van der Waals surface area (Å²) in [6.45, 7) is 9.49. The number of rotatable bonds is 4. The molecule has 2 unspecified atom stereocenters. The van der Waals surface area contributed by atoms with Crippen molar-refractivity contribution in [3.05, 3.63) is 0 Å². The van der Waals surface area contributed by atoms with Crippen molar-refractivity contribution < 1.29 is 14.4 Å². The van der Waals surface area contributed by atoms with Crippen LogP contribution in [0.3, 0.4) is 0 Å². The predicted molar refractivity (Wildman–Crippen MR) is 96.0 cm³/mol. The Morgan fingerprint density at radius 2 is 1.80 bits per heavy atom. The third kappa shape index (κ3) is 5.42. The second-order valence-electron chi connectivity index (χ2n) is 7.37. The number of likely N-dealkylation sites (tertiary alicyclic amines) is 2. The molecule has 0 spiro atoms. The van der Waals surface area contributed by atoms with Gasteiger partial charge in [0.25, 0.3) is 0 Å². The highest BCUT2D eigenvalue weighted by atomic mass is 16.2. The lowest BCUT2D eigenvalue weighted by atomic mass is 9.92. The van der Waals surface area contributed by atoms with Gasteiger partial charge >= 0.3 is 6.03 Å². The molecule has 0 aromatic heterocycles. The highest BCUT2D eigenvalue weighted by molar-refractivity contribution is 5.96. The van der Waals surface area contributed by atoms with Crippen LogP contribution < -0.4 is 10.6 Å². The van der Waals surface area contributed by atoms with Crippen molar-refractivity contribution >= 4 is 17.8 Å². The lowest BCUT2D eigenvalue weighted by molar-refractivity contribution is -0.139. The molecule has 2 aliphatic heterocycles. The third-order valence-corrected chi connectivity index (χ3v) is 5.35. The molecule has 2 saturated heterocycles. The summed E-state index contributed by atoms with van der Waals surface area (Å²) in [4.78, 5) is 40.4. The standard InChI is InChI=1S/C18H32N4O3/c1-4-19-18(25)20-16(23)14(3)21-10-7-15(8-11-21)17(24)22-9-5-6-13(2)12-22/h13-15H,4-12H2,1-3H3,(H2,19,20,23,25). The highest BCUT2D eigenvalue weighted by Crippen LogP contribution is 2.24. The number of amides is 4. The average Bonchev–Trinajstić information content (AvgIpc) is 2.60. The van der Waals surface area contributed by atoms with Crippen molar-refractivity contribution in [1.29, 1.82) is 0 Å². The van der Waals surface area contributed by atoms with Crippen LogP contribution >= 0.6 is 0 Å². The predicted octanol–water partition coefficient (Wildman–Crippen LogP) is 1.19. The molecule has 2 N–H and O–H groups in total. The summed E-state index contributed by atoms with van der Waals surface area (Å²) in [7, 11) is 0. The molecule has 7 nitrogen and oxygen atoms in total. The van der Waals surface area contributed by atoms with Gasteiger partial charge in [-0.1, -0.05) is 6.92 Å². The van der Waals surface area contributed by atoms with Crippen LogP contribution in [0.25, 0.3) is 0 Å². The minimum absolute atomic E-state index is 0.0696. The van der Waals surface area contributed by atoms with Crippen LogP contribution in [-0.4, -0.2) is 66.4 Å². The molecular formula is C18H32N4O3. The SMILES string of the molecule is CCNC(=O)NC(=O)C(C)N1CCC(C(=O)N2CCCC(C)C2)CC1. The number of carbonyl (C=O) groups is 3. The summed E-state index contributed by atoms with van der Waals surface area (Å²) in [6, 6.07) is -0.822. The van der Waals surface area contributed by atoms with Gasteiger partial charge in [0, 0.05) is 25.6 Å². The zero-order valence-corrected chi connectivity index (χ0v) is 15.7. The number of urea groups is 1. The first-order valence-electron chi connectivity index (χ1n) is 9.53. The van der Waals surface area contributed by atoms with Gasteiger partial charge < -0.3 is 10.2 Å². The van der Waals surface area contributed by atoms with E-state index in [1.807, 2.05) is 11.8 Å². The quantitative estimate of drug-likeness (QED) is 0.796. The van der Waals surface area contributed by atoms with Crippen LogP contribution in [0, 0.1) is 11.8 Å². The minimum atomic E-state index is -0.455. The Bertz CT molecular complexity index is 489. The zero-order valence-electron chi connectivity index (χ0n) is 15.7. The van der Waals surface area contributed by atoms with Crippen molar-refractivity contribution in [2.75, 3.05) is 32.7 Å². The molecule has 0 aromatic carbocycles. The number of piperidine rings is 2. The van der Waals surface area contributed by atoms with Gasteiger partial charge in [-0.05, 0) is 58.5 Å². The van der Waals surface area contributed by atoms with Gasteiger partial charge in [0.2, 0.25) is 11.8 Å². The van der Waals surface area contributed by atoms with E-state index in [-0.39, 0.29) is 23.8 Å². The van der Waals surface area contributed by atoms with E-state index in [1.165, 1.54) is 6.42 Å². The average molecular weight is 352 g/mol. The molecule has 2 heterocycles. The zero-order chi connectivity index (χ0) is 18.4. The Hall–Kier alpha value is -1.63. The van der Waals surface area contributed by atoms with Crippen molar-refractivity contribution in [1.82, 2.24) is 20.4 Å². The molecule has 2 atom stereocenters. The largest absolute Gasteiger partial charge is 0.342 e.